The molecule has 1 aromatic carbocycles. The molecule has 0 bridgehead atoms. The Morgan fingerprint density at radius 1 is 1.00 bits per heavy atom. The number of halogens is 2. The van der Waals surface area contributed by atoms with E-state index in [-0.39, 0.29) is 41.7 Å². The van der Waals surface area contributed by atoms with E-state index in [1.807, 2.05) is 6.07 Å². The van der Waals surface area contributed by atoms with Crippen LogP contribution in [0.15, 0.2) is 30.3 Å². The summed E-state index contributed by atoms with van der Waals surface area (Å²) in [6, 6.07) is 8.76. The highest BCUT2D eigenvalue weighted by molar-refractivity contribution is 5.92. The van der Waals surface area contributed by atoms with E-state index >= 15 is 0 Å². The van der Waals surface area contributed by atoms with Crippen LogP contribution in [0.5, 0.6) is 0 Å². The summed E-state index contributed by atoms with van der Waals surface area (Å²) in [6.07, 6.45) is 0. The van der Waals surface area contributed by atoms with Gasteiger partial charge in [-0.3, -0.25) is 4.79 Å². The van der Waals surface area contributed by atoms with Gasteiger partial charge in [-0.25, -0.2) is 0 Å². The first-order chi connectivity index (χ1) is 4.30. The molecule has 0 aliphatic carbocycles. The van der Waals surface area contributed by atoms with E-state index in [1.165, 1.54) is 0 Å². The SMILES string of the molecule is Cl.Cl.NC(=O)c1ccccc1.O.O. The quantitative estimate of drug-likeness (QED) is 0.719. The maximum Gasteiger partial charge on any atom is 0.248 e. The highest BCUT2D eigenvalue weighted by Gasteiger charge is 1.93. The molecule has 0 aromatic heterocycles. The van der Waals surface area contributed by atoms with E-state index in [9.17, 15) is 4.79 Å². The summed E-state index contributed by atoms with van der Waals surface area (Å²) in [5.74, 6) is -0.379. The molecule has 6 heteroatoms. The molecular formula is C7H13Cl2NO3. The van der Waals surface area contributed by atoms with Crippen LogP contribution >= 0.6 is 24.8 Å². The normalized spacial score (nSPS) is 6.15. The van der Waals surface area contributed by atoms with Crippen LogP contribution in [0, 0.1) is 0 Å². The van der Waals surface area contributed by atoms with Crippen molar-refractivity contribution in [2.45, 2.75) is 0 Å². The van der Waals surface area contributed by atoms with Crippen molar-refractivity contribution in [3.63, 3.8) is 0 Å². The van der Waals surface area contributed by atoms with E-state index in [0.717, 1.165) is 0 Å². The van der Waals surface area contributed by atoms with Crippen molar-refractivity contribution in [1.29, 1.82) is 0 Å². The topological polar surface area (TPSA) is 106 Å². The van der Waals surface area contributed by atoms with Crippen molar-refractivity contribution in [1.82, 2.24) is 0 Å². The van der Waals surface area contributed by atoms with Crippen LogP contribution in [-0.4, -0.2) is 16.9 Å². The minimum atomic E-state index is -0.379. The fourth-order valence-corrected chi connectivity index (χ4v) is 0.602. The number of hydrogen-bond donors (Lipinski definition) is 1. The molecule has 1 aromatic rings. The highest BCUT2D eigenvalue weighted by atomic mass is 35.5. The molecule has 0 fully saturated rings. The Balaban J connectivity index is -0.000000101. The lowest BCUT2D eigenvalue weighted by Gasteiger charge is -1.89. The predicted molar refractivity (Wildman–Crippen MR) is 56.7 cm³/mol. The van der Waals surface area contributed by atoms with Gasteiger partial charge in [-0.2, -0.15) is 0 Å². The number of primary amides is 1. The molecule has 6 N–H and O–H groups in total. The van der Waals surface area contributed by atoms with Crippen LogP contribution in [0.4, 0.5) is 0 Å². The van der Waals surface area contributed by atoms with Crippen LogP contribution in [-0.2, 0) is 0 Å². The van der Waals surface area contributed by atoms with Gasteiger partial charge in [-0.1, -0.05) is 18.2 Å². The first-order valence-corrected chi connectivity index (χ1v) is 2.65. The zero-order chi connectivity index (χ0) is 6.69. The summed E-state index contributed by atoms with van der Waals surface area (Å²) < 4.78 is 0. The molecular weight excluding hydrogens is 217 g/mol. The zero-order valence-electron chi connectivity index (χ0n) is 6.69. The van der Waals surface area contributed by atoms with E-state index < -0.39 is 0 Å². The van der Waals surface area contributed by atoms with Gasteiger partial charge in [-0.05, 0) is 12.1 Å². The Morgan fingerprint density at radius 3 is 1.62 bits per heavy atom. The van der Waals surface area contributed by atoms with Gasteiger partial charge in [0.2, 0.25) is 5.91 Å². The number of hydrogen-bond acceptors (Lipinski definition) is 1. The average molecular weight is 230 g/mol. The van der Waals surface area contributed by atoms with Crippen LogP contribution in [0.1, 0.15) is 10.4 Å². The molecule has 0 aliphatic heterocycles. The maximum absolute atomic E-state index is 10.4. The summed E-state index contributed by atoms with van der Waals surface area (Å²) in [4.78, 5) is 10.4. The molecule has 0 atom stereocenters. The summed E-state index contributed by atoms with van der Waals surface area (Å²) in [5, 5.41) is 0. The van der Waals surface area contributed by atoms with Crippen LogP contribution in [0.25, 0.3) is 0 Å². The summed E-state index contributed by atoms with van der Waals surface area (Å²) in [6.45, 7) is 0. The van der Waals surface area contributed by atoms with Gasteiger partial charge in [0.1, 0.15) is 0 Å². The standard InChI is InChI=1S/C7H7NO.2ClH.2H2O/c8-7(9)6-4-2-1-3-5-6;;;;/h1-5H,(H2,8,9);2*1H;2*1H2. The van der Waals surface area contributed by atoms with Gasteiger partial charge in [0.15, 0.2) is 0 Å². The predicted octanol–water partition coefficient (Wildman–Crippen LogP) is -0.0203. The number of benzene rings is 1. The third kappa shape index (κ3) is 7.55. The van der Waals surface area contributed by atoms with Gasteiger partial charge in [-0.15, -0.1) is 24.8 Å². The molecule has 0 unspecified atom stereocenters. The van der Waals surface area contributed by atoms with Gasteiger partial charge in [0.25, 0.3) is 0 Å². The van der Waals surface area contributed by atoms with Crippen molar-refractivity contribution in [3.05, 3.63) is 35.9 Å². The van der Waals surface area contributed by atoms with Gasteiger partial charge < -0.3 is 16.7 Å². The van der Waals surface area contributed by atoms with Crippen molar-refractivity contribution < 1.29 is 15.7 Å². The second-order valence-electron chi connectivity index (χ2n) is 1.73. The van der Waals surface area contributed by atoms with Crippen molar-refractivity contribution in [3.8, 4) is 0 Å². The first kappa shape index (κ1) is 22.8. The molecule has 0 spiro atoms. The Morgan fingerprint density at radius 2 is 1.38 bits per heavy atom. The Bertz CT molecular complexity index is 218. The van der Waals surface area contributed by atoms with E-state index in [4.69, 9.17) is 5.73 Å². The number of nitrogens with two attached hydrogens (primary N) is 1. The number of amides is 1. The molecule has 4 nitrogen and oxygen atoms in total. The highest BCUT2D eigenvalue weighted by Crippen LogP contribution is 1.94. The van der Waals surface area contributed by atoms with Crippen molar-refractivity contribution in [2.75, 3.05) is 0 Å². The maximum atomic E-state index is 10.4. The van der Waals surface area contributed by atoms with Gasteiger partial charge in [0, 0.05) is 5.56 Å². The fraction of sp³-hybridized carbons (Fsp3) is 0. The Kier molecular flexibility index (Phi) is 19.6. The Labute approximate surface area is 88.6 Å². The monoisotopic (exact) mass is 229 g/mol. The van der Waals surface area contributed by atoms with Crippen molar-refractivity contribution >= 4 is 30.7 Å². The molecule has 0 saturated heterocycles. The van der Waals surface area contributed by atoms with E-state index in [0.29, 0.717) is 5.56 Å². The Hall–Kier alpha value is -0.810. The molecule has 0 aliphatic rings. The molecule has 0 saturated carbocycles. The number of rotatable bonds is 1. The molecule has 78 valence electrons. The van der Waals surface area contributed by atoms with Crippen LogP contribution in [0.2, 0.25) is 0 Å². The number of carbonyl (C=O) groups excluding carboxylic acids is 1. The van der Waals surface area contributed by atoms with Crippen LogP contribution < -0.4 is 5.73 Å². The third-order valence-electron chi connectivity index (χ3n) is 1.06. The second kappa shape index (κ2) is 11.2. The zero-order valence-corrected chi connectivity index (χ0v) is 8.32. The largest absolute Gasteiger partial charge is 0.412 e. The van der Waals surface area contributed by atoms with Gasteiger partial charge >= 0.3 is 0 Å². The minimum Gasteiger partial charge on any atom is -0.412 e. The van der Waals surface area contributed by atoms with E-state index in [1.54, 1.807) is 24.3 Å². The summed E-state index contributed by atoms with van der Waals surface area (Å²) >= 11 is 0. The second-order valence-corrected chi connectivity index (χ2v) is 1.73. The molecule has 1 rings (SSSR count). The fourth-order valence-electron chi connectivity index (χ4n) is 0.602. The summed E-state index contributed by atoms with van der Waals surface area (Å²) in [5.41, 5.74) is 5.53. The third-order valence-corrected chi connectivity index (χ3v) is 1.06. The number of carbonyl (C=O) groups is 1. The minimum absolute atomic E-state index is 0. The van der Waals surface area contributed by atoms with Crippen molar-refractivity contribution in [2.24, 2.45) is 5.73 Å². The smallest absolute Gasteiger partial charge is 0.248 e. The lowest BCUT2D eigenvalue weighted by Crippen LogP contribution is -2.09. The van der Waals surface area contributed by atoms with E-state index in [2.05, 4.69) is 0 Å². The molecule has 0 radical (unpaired) electrons. The first-order valence-electron chi connectivity index (χ1n) is 2.65. The molecule has 1 amide bonds. The van der Waals surface area contributed by atoms with Crippen LogP contribution in [0.3, 0.4) is 0 Å². The molecule has 13 heavy (non-hydrogen) atoms. The molecule has 0 heterocycles. The lowest BCUT2D eigenvalue weighted by atomic mass is 10.2. The summed E-state index contributed by atoms with van der Waals surface area (Å²) in [7, 11) is 0. The van der Waals surface area contributed by atoms with Gasteiger partial charge in [0.05, 0.1) is 0 Å². The lowest BCUT2D eigenvalue weighted by molar-refractivity contribution is 0.100. The average Bonchev–Trinajstić information content (AvgIpc) is 1.90.